The van der Waals surface area contributed by atoms with Gasteiger partial charge in [-0.25, -0.2) is 9.97 Å². The first-order valence-electron chi connectivity index (χ1n) is 6.06. The number of aliphatic hydroxyl groups excluding tert-OH is 1. The van der Waals surface area contributed by atoms with Gasteiger partial charge >= 0.3 is 0 Å². The Labute approximate surface area is 110 Å². The van der Waals surface area contributed by atoms with E-state index >= 15 is 0 Å². The van der Waals surface area contributed by atoms with Crippen LogP contribution in [0.3, 0.4) is 0 Å². The van der Waals surface area contributed by atoms with Crippen molar-refractivity contribution in [2.45, 2.75) is 17.9 Å². The first-order valence-corrected chi connectivity index (χ1v) is 7.04. The molecule has 2 aromatic rings. The van der Waals surface area contributed by atoms with Crippen LogP contribution in [-0.2, 0) is 12.8 Å². The lowest BCUT2D eigenvalue weighted by Gasteiger charge is -2.20. The van der Waals surface area contributed by atoms with Gasteiger partial charge in [-0.2, -0.15) is 0 Å². The fraction of sp³-hybridized carbons (Fsp3) is 0.286. The first-order chi connectivity index (χ1) is 8.90. The summed E-state index contributed by atoms with van der Waals surface area (Å²) in [7, 11) is 0. The lowest BCUT2D eigenvalue weighted by atomic mass is 9.90. The number of aromatic nitrogens is 2. The van der Waals surface area contributed by atoms with E-state index in [0.717, 1.165) is 23.6 Å². The number of benzene rings is 1. The highest BCUT2D eigenvalue weighted by Gasteiger charge is 2.20. The molecule has 3 nitrogen and oxygen atoms in total. The maximum Gasteiger partial charge on any atom is 0.117 e. The third-order valence-electron chi connectivity index (χ3n) is 3.15. The van der Waals surface area contributed by atoms with Gasteiger partial charge in [-0.15, -0.1) is 11.8 Å². The molecule has 18 heavy (non-hydrogen) atoms. The normalized spacial score (nSPS) is 12.9. The summed E-state index contributed by atoms with van der Waals surface area (Å²) in [6.07, 6.45) is 3.66. The van der Waals surface area contributed by atoms with Gasteiger partial charge in [0.1, 0.15) is 11.4 Å². The van der Waals surface area contributed by atoms with Crippen LogP contribution in [0, 0.1) is 0 Å². The minimum atomic E-state index is 0.181. The average molecular weight is 258 g/mol. The van der Waals surface area contributed by atoms with Crippen LogP contribution in [0.5, 0.6) is 0 Å². The number of rotatable bonds is 3. The maximum absolute atomic E-state index is 8.93. The van der Waals surface area contributed by atoms with E-state index in [1.54, 1.807) is 18.1 Å². The second kappa shape index (κ2) is 5.08. The Kier molecular flexibility index (Phi) is 3.30. The summed E-state index contributed by atoms with van der Waals surface area (Å²) in [4.78, 5) is 8.79. The number of nitrogens with zero attached hydrogens (tertiary/aromatic N) is 2. The van der Waals surface area contributed by atoms with E-state index in [1.165, 1.54) is 16.7 Å². The van der Waals surface area contributed by atoms with E-state index in [4.69, 9.17) is 5.11 Å². The monoisotopic (exact) mass is 258 g/mol. The average Bonchev–Trinajstić information content (AvgIpc) is 2.44. The van der Waals surface area contributed by atoms with Gasteiger partial charge in [-0.05, 0) is 18.4 Å². The van der Waals surface area contributed by atoms with Gasteiger partial charge in [0.15, 0.2) is 0 Å². The molecule has 0 spiro atoms. The number of fused-ring (bicyclic) bond motifs is 3. The van der Waals surface area contributed by atoms with Gasteiger partial charge in [0.25, 0.3) is 0 Å². The van der Waals surface area contributed by atoms with E-state index in [2.05, 4.69) is 34.2 Å². The predicted octanol–water partition coefficient (Wildman–Crippen LogP) is 2.33. The number of aryl methyl sites for hydroxylation is 1. The topological polar surface area (TPSA) is 46.0 Å². The molecular weight excluding hydrogens is 244 g/mol. The molecule has 0 radical (unpaired) electrons. The number of aliphatic hydroxyl groups is 1. The van der Waals surface area contributed by atoms with Gasteiger partial charge < -0.3 is 5.11 Å². The molecular formula is C14H14N2OS. The van der Waals surface area contributed by atoms with Gasteiger partial charge in [-0.3, -0.25) is 0 Å². The second-order valence-corrected chi connectivity index (χ2v) is 5.32. The van der Waals surface area contributed by atoms with Crippen molar-refractivity contribution in [3.05, 3.63) is 41.7 Å². The van der Waals surface area contributed by atoms with Crippen molar-refractivity contribution in [3.63, 3.8) is 0 Å². The van der Waals surface area contributed by atoms with Gasteiger partial charge in [-0.1, -0.05) is 24.3 Å². The molecule has 0 atom stereocenters. The van der Waals surface area contributed by atoms with Crippen molar-refractivity contribution in [2.24, 2.45) is 0 Å². The van der Waals surface area contributed by atoms with E-state index in [0.29, 0.717) is 5.75 Å². The van der Waals surface area contributed by atoms with Crippen molar-refractivity contribution in [2.75, 3.05) is 12.4 Å². The summed E-state index contributed by atoms with van der Waals surface area (Å²) in [6, 6.07) is 8.42. The second-order valence-electron chi connectivity index (χ2n) is 4.24. The molecule has 1 aromatic heterocycles. The fourth-order valence-corrected chi connectivity index (χ4v) is 3.13. The van der Waals surface area contributed by atoms with E-state index in [-0.39, 0.29) is 6.61 Å². The van der Waals surface area contributed by atoms with Crippen molar-refractivity contribution in [1.29, 1.82) is 0 Å². The number of hydrogen-bond donors (Lipinski definition) is 1. The minimum Gasteiger partial charge on any atom is -0.396 e. The Morgan fingerprint density at radius 2 is 2.06 bits per heavy atom. The summed E-state index contributed by atoms with van der Waals surface area (Å²) in [6.45, 7) is 0.181. The molecule has 1 aliphatic rings. The predicted molar refractivity (Wildman–Crippen MR) is 72.7 cm³/mol. The molecule has 0 amide bonds. The molecule has 0 unspecified atom stereocenters. The van der Waals surface area contributed by atoms with Crippen LogP contribution >= 0.6 is 11.8 Å². The summed E-state index contributed by atoms with van der Waals surface area (Å²) in [5.41, 5.74) is 4.88. The third kappa shape index (κ3) is 2.02. The summed E-state index contributed by atoms with van der Waals surface area (Å²) in [5.74, 6) is 0.686. The van der Waals surface area contributed by atoms with Crippen molar-refractivity contribution < 1.29 is 5.11 Å². The van der Waals surface area contributed by atoms with Gasteiger partial charge in [0.05, 0.1) is 12.3 Å². The molecule has 92 valence electrons. The quantitative estimate of drug-likeness (QED) is 0.678. The zero-order valence-corrected chi connectivity index (χ0v) is 10.8. The van der Waals surface area contributed by atoms with Crippen LogP contribution in [0.25, 0.3) is 11.3 Å². The SMILES string of the molecule is OCCSc1ncnc2c1CCc1ccccc1-2. The van der Waals surface area contributed by atoms with Gasteiger partial charge in [0, 0.05) is 16.9 Å². The van der Waals surface area contributed by atoms with E-state index < -0.39 is 0 Å². The molecule has 4 heteroatoms. The van der Waals surface area contributed by atoms with Gasteiger partial charge in [0.2, 0.25) is 0 Å². The molecule has 3 rings (SSSR count). The molecule has 0 saturated carbocycles. The van der Waals surface area contributed by atoms with Crippen molar-refractivity contribution >= 4 is 11.8 Å². The molecule has 1 aromatic carbocycles. The molecule has 0 bridgehead atoms. The first kappa shape index (κ1) is 11.7. The Morgan fingerprint density at radius 1 is 1.17 bits per heavy atom. The van der Waals surface area contributed by atoms with E-state index in [9.17, 15) is 0 Å². The lowest BCUT2D eigenvalue weighted by molar-refractivity contribution is 0.322. The highest BCUT2D eigenvalue weighted by Crippen LogP contribution is 2.35. The van der Waals surface area contributed by atoms with E-state index in [1.807, 2.05) is 0 Å². The summed E-state index contributed by atoms with van der Waals surface area (Å²) in [5, 5.41) is 9.94. The highest BCUT2D eigenvalue weighted by atomic mass is 32.2. The Hall–Kier alpha value is -1.39. The lowest BCUT2D eigenvalue weighted by Crippen LogP contribution is -2.08. The molecule has 0 saturated heterocycles. The van der Waals surface area contributed by atoms with Crippen LogP contribution < -0.4 is 0 Å². The largest absolute Gasteiger partial charge is 0.396 e. The Morgan fingerprint density at radius 3 is 2.94 bits per heavy atom. The molecule has 1 N–H and O–H groups in total. The Balaban J connectivity index is 2.07. The number of hydrogen-bond acceptors (Lipinski definition) is 4. The van der Waals surface area contributed by atoms with Crippen molar-refractivity contribution in [1.82, 2.24) is 9.97 Å². The van der Waals surface area contributed by atoms with Crippen molar-refractivity contribution in [3.8, 4) is 11.3 Å². The Bertz CT molecular complexity index is 571. The molecule has 0 fully saturated rings. The molecule has 0 aliphatic heterocycles. The molecule has 1 heterocycles. The third-order valence-corrected chi connectivity index (χ3v) is 4.16. The zero-order valence-electron chi connectivity index (χ0n) is 9.97. The smallest absolute Gasteiger partial charge is 0.117 e. The van der Waals surface area contributed by atoms with Crippen LogP contribution in [0.1, 0.15) is 11.1 Å². The number of thioether (sulfide) groups is 1. The van der Waals surface area contributed by atoms with Crippen LogP contribution in [-0.4, -0.2) is 27.4 Å². The standard InChI is InChI=1S/C14H14N2OS/c17-7-8-18-14-12-6-5-10-3-1-2-4-11(10)13(12)15-9-16-14/h1-4,9,17H,5-8H2. The molecule has 1 aliphatic carbocycles. The van der Waals surface area contributed by atoms with Crippen LogP contribution in [0.4, 0.5) is 0 Å². The van der Waals surface area contributed by atoms with Crippen LogP contribution in [0.15, 0.2) is 35.6 Å². The maximum atomic E-state index is 8.93. The van der Waals surface area contributed by atoms with Crippen LogP contribution in [0.2, 0.25) is 0 Å². The fourth-order valence-electron chi connectivity index (χ4n) is 2.35. The highest BCUT2D eigenvalue weighted by molar-refractivity contribution is 7.99. The minimum absolute atomic E-state index is 0.181. The summed E-state index contributed by atoms with van der Waals surface area (Å²) >= 11 is 1.61. The zero-order chi connectivity index (χ0) is 12.4. The summed E-state index contributed by atoms with van der Waals surface area (Å²) < 4.78 is 0.